The number of carbonyl (C=O) groups excluding carboxylic acids is 1. The Morgan fingerprint density at radius 3 is 3.00 bits per heavy atom. The highest BCUT2D eigenvalue weighted by Gasteiger charge is 2.24. The lowest BCUT2D eigenvalue weighted by Gasteiger charge is -2.08. The number of halogens is 2. The summed E-state index contributed by atoms with van der Waals surface area (Å²) in [6.07, 6.45) is 0. The zero-order valence-corrected chi connectivity index (χ0v) is 9.79. The van der Waals surface area contributed by atoms with Crippen LogP contribution in [0.25, 0.3) is 0 Å². The molecule has 1 atom stereocenters. The van der Waals surface area contributed by atoms with Crippen LogP contribution < -0.4 is 0 Å². The fourth-order valence-electron chi connectivity index (χ4n) is 1.64. The normalized spacial score (nSPS) is 21.0. The monoisotopic (exact) mass is 244 g/mol. The van der Waals surface area contributed by atoms with Gasteiger partial charge in [-0.15, -0.1) is 0 Å². The van der Waals surface area contributed by atoms with Crippen molar-refractivity contribution < 1.29 is 9.18 Å². The zero-order chi connectivity index (χ0) is 11.0. The lowest BCUT2D eigenvalue weighted by Crippen LogP contribution is -2.12. The average molecular weight is 245 g/mol. The lowest BCUT2D eigenvalue weighted by atomic mass is 9.97. The number of rotatable bonds is 0. The zero-order valence-electron chi connectivity index (χ0n) is 8.22. The van der Waals surface area contributed by atoms with Crippen molar-refractivity contribution in [3.8, 4) is 0 Å². The molecule has 0 saturated heterocycles. The van der Waals surface area contributed by atoms with Gasteiger partial charge < -0.3 is 0 Å². The standard InChI is InChI=1S/C11H10ClFOS/c1-6-4-15-5-8-7(11(6)14)2-3-9(13)10(8)12/h2-3,6H,4-5H2,1H3. The number of ketones is 1. The molecule has 1 aliphatic heterocycles. The third-order valence-electron chi connectivity index (χ3n) is 2.52. The maximum Gasteiger partial charge on any atom is 0.166 e. The van der Waals surface area contributed by atoms with Crippen LogP contribution in [0.1, 0.15) is 22.8 Å². The first kappa shape index (κ1) is 11.0. The number of carbonyl (C=O) groups is 1. The van der Waals surface area contributed by atoms with Crippen LogP contribution in [0.4, 0.5) is 4.39 Å². The molecule has 1 aromatic carbocycles. The number of fused-ring (bicyclic) bond motifs is 1. The second-order valence-electron chi connectivity index (χ2n) is 3.67. The highest BCUT2D eigenvalue weighted by molar-refractivity contribution is 7.98. The molecule has 1 heterocycles. The van der Waals surface area contributed by atoms with Crippen molar-refractivity contribution in [2.75, 3.05) is 5.75 Å². The van der Waals surface area contributed by atoms with Crippen molar-refractivity contribution in [3.05, 3.63) is 34.1 Å². The highest BCUT2D eigenvalue weighted by atomic mass is 35.5. The third-order valence-corrected chi connectivity index (χ3v) is 4.16. The molecule has 1 aliphatic rings. The Kier molecular flexibility index (Phi) is 3.03. The Labute approximate surface area is 97.0 Å². The van der Waals surface area contributed by atoms with Gasteiger partial charge in [-0.1, -0.05) is 18.5 Å². The minimum atomic E-state index is -0.446. The maximum absolute atomic E-state index is 13.2. The molecule has 0 fully saturated rings. The van der Waals surface area contributed by atoms with E-state index < -0.39 is 5.82 Å². The number of Topliss-reactive ketones (excluding diaryl/α,β-unsaturated/α-hetero) is 1. The summed E-state index contributed by atoms with van der Waals surface area (Å²) in [6.45, 7) is 1.89. The lowest BCUT2D eigenvalue weighted by molar-refractivity contribution is 0.0942. The van der Waals surface area contributed by atoms with Gasteiger partial charge in [-0.2, -0.15) is 11.8 Å². The first-order chi connectivity index (χ1) is 7.11. The van der Waals surface area contributed by atoms with Gasteiger partial charge in [0, 0.05) is 23.0 Å². The van der Waals surface area contributed by atoms with E-state index in [2.05, 4.69) is 0 Å². The van der Waals surface area contributed by atoms with Crippen LogP contribution in [0.2, 0.25) is 5.02 Å². The number of benzene rings is 1. The first-order valence-corrected chi connectivity index (χ1v) is 6.23. The Bertz CT molecular complexity index is 419. The maximum atomic E-state index is 13.2. The molecule has 80 valence electrons. The second kappa shape index (κ2) is 4.14. The van der Waals surface area contributed by atoms with Crippen LogP contribution in [0, 0.1) is 11.7 Å². The molecule has 0 amide bonds. The van der Waals surface area contributed by atoms with Crippen molar-refractivity contribution in [1.29, 1.82) is 0 Å². The van der Waals surface area contributed by atoms with Gasteiger partial charge in [-0.25, -0.2) is 4.39 Å². The minimum absolute atomic E-state index is 0.0159. The van der Waals surface area contributed by atoms with Gasteiger partial charge in [0.2, 0.25) is 0 Å². The van der Waals surface area contributed by atoms with E-state index in [4.69, 9.17) is 11.6 Å². The molecule has 1 unspecified atom stereocenters. The molecule has 15 heavy (non-hydrogen) atoms. The molecule has 1 aromatic rings. The average Bonchev–Trinajstić information content (AvgIpc) is 2.35. The van der Waals surface area contributed by atoms with Gasteiger partial charge >= 0.3 is 0 Å². The molecular weight excluding hydrogens is 235 g/mol. The van der Waals surface area contributed by atoms with Crippen LogP contribution in [-0.2, 0) is 5.75 Å². The van der Waals surface area contributed by atoms with Crippen molar-refractivity contribution in [2.24, 2.45) is 5.92 Å². The SMILES string of the molecule is CC1CSCc2c(ccc(F)c2Cl)C1=O. The number of hydrogen-bond acceptors (Lipinski definition) is 2. The first-order valence-electron chi connectivity index (χ1n) is 4.70. The molecule has 0 saturated carbocycles. The number of hydrogen-bond donors (Lipinski definition) is 0. The highest BCUT2D eigenvalue weighted by Crippen LogP contribution is 2.32. The van der Waals surface area contributed by atoms with E-state index in [9.17, 15) is 9.18 Å². The van der Waals surface area contributed by atoms with Crippen molar-refractivity contribution >= 4 is 29.1 Å². The molecular formula is C11H10ClFOS. The third kappa shape index (κ3) is 1.91. The summed E-state index contributed by atoms with van der Waals surface area (Å²) in [4.78, 5) is 11.9. The number of thioether (sulfide) groups is 1. The Morgan fingerprint density at radius 2 is 2.27 bits per heavy atom. The van der Waals surface area contributed by atoms with E-state index in [0.29, 0.717) is 16.9 Å². The van der Waals surface area contributed by atoms with E-state index in [1.54, 1.807) is 17.8 Å². The molecule has 4 heteroatoms. The smallest absolute Gasteiger partial charge is 0.166 e. The molecule has 0 aliphatic carbocycles. The summed E-state index contributed by atoms with van der Waals surface area (Å²) in [6, 6.07) is 2.81. The van der Waals surface area contributed by atoms with Crippen LogP contribution in [-0.4, -0.2) is 11.5 Å². The van der Waals surface area contributed by atoms with E-state index in [1.807, 2.05) is 6.92 Å². The van der Waals surface area contributed by atoms with Crippen LogP contribution >= 0.6 is 23.4 Å². The molecule has 0 spiro atoms. The Hall–Kier alpha value is -0.540. The molecule has 0 bridgehead atoms. The Balaban J connectivity index is 2.58. The van der Waals surface area contributed by atoms with Gasteiger partial charge in [0.15, 0.2) is 5.78 Å². The van der Waals surface area contributed by atoms with Crippen molar-refractivity contribution in [2.45, 2.75) is 12.7 Å². The van der Waals surface area contributed by atoms with E-state index in [0.717, 1.165) is 5.75 Å². The van der Waals surface area contributed by atoms with E-state index in [1.165, 1.54) is 6.07 Å². The van der Waals surface area contributed by atoms with Gasteiger partial charge in [-0.05, 0) is 17.7 Å². The molecule has 1 nitrogen and oxygen atoms in total. The Morgan fingerprint density at radius 1 is 1.53 bits per heavy atom. The van der Waals surface area contributed by atoms with Gasteiger partial charge in [0.1, 0.15) is 5.82 Å². The van der Waals surface area contributed by atoms with Crippen LogP contribution in [0.3, 0.4) is 0 Å². The van der Waals surface area contributed by atoms with Crippen LogP contribution in [0.15, 0.2) is 12.1 Å². The predicted octanol–water partition coefficient (Wildman–Crippen LogP) is 3.54. The largest absolute Gasteiger partial charge is 0.294 e. The minimum Gasteiger partial charge on any atom is -0.294 e. The summed E-state index contributed by atoms with van der Waals surface area (Å²) >= 11 is 7.48. The fourth-order valence-corrected chi connectivity index (χ4v) is 3.08. The topological polar surface area (TPSA) is 17.1 Å². The van der Waals surface area contributed by atoms with Gasteiger partial charge in [-0.3, -0.25) is 4.79 Å². The predicted molar refractivity (Wildman–Crippen MR) is 61.1 cm³/mol. The molecule has 0 aromatic heterocycles. The molecule has 0 radical (unpaired) electrons. The molecule has 0 N–H and O–H groups in total. The summed E-state index contributed by atoms with van der Waals surface area (Å²) < 4.78 is 13.2. The summed E-state index contributed by atoms with van der Waals surface area (Å²) in [5, 5.41) is 0.0995. The summed E-state index contributed by atoms with van der Waals surface area (Å²) in [5.41, 5.74) is 1.23. The summed E-state index contributed by atoms with van der Waals surface area (Å²) in [7, 11) is 0. The van der Waals surface area contributed by atoms with E-state index in [-0.39, 0.29) is 16.7 Å². The quantitative estimate of drug-likeness (QED) is 0.694. The van der Waals surface area contributed by atoms with Gasteiger partial charge in [0.25, 0.3) is 0 Å². The second-order valence-corrected chi connectivity index (χ2v) is 5.08. The van der Waals surface area contributed by atoms with E-state index >= 15 is 0 Å². The van der Waals surface area contributed by atoms with Crippen molar-refractivity contribution in [1.82, 2.24) is 0 Å². The van der Waals surface area contributed by atoms with Crippen molar-refractivity contribution in [3.63, 3.8) is 0 Å². The fraction of sp³-hybridized carbons (Fsp3) is 0.364. The van der Waals surface area contributed by atoms with Gasteiger partial charge in [0.05, 0.1) is 5.02 Å². The summed E-state index contributed by atoms with van der Waals surface area (Å²) in [5.74, 6) is 0.987. The molecule has 2 rings (SSSR count). The van der Waals surface area contributed by atoms with Crippen LogP contribution in [0.5, 0.6) is 0 Å².